The second-order valence-electron chi connectivity index (χ2n) is 3.04. The Morgan fingerprint density at radius 1 is 1.64 bits per heavy atom. The third-order valence-electron chi connectivity index (χ3n) is 1.70. The molecule has 0 spiro atoms. The zero-order valence-corrected chi connectivity index (χ0v) is 9.34. The molecule has 14 heavy (non-hydrogen) atoms. The van der Waals surface area contributed by atoms with Crippen LogP contribution in [0.1, 0.15) is 17.3 Å². The fraction of sp³-hybridized carbons (Fsp3) is 0.300. The lowest BCUT2D eigenvalue weighted by atomic mass is 10.2. The van der Waals surface area contributed by atoms with Gasteiger partial charge in [-0.2, -0.15) is 0 Å². The van der Waals surface area contributed by atoms with E-state index in [0.717, 1.165) is 0 Å². The maximum absolute atomic E-state index is 12.8. The van der Waals surface area contributed by atoms with E-state index < -0.39 is 5.82 Å². The van der Waals surface area contributed by atoms with E-state index >= 15 is 0 Å². The second kappa shape index (κ2) is 5.10. The first-order valence-corrected chi connectivity index (χ1v) is 5.38. The summed E-state index contributed by atoms with van der Waals surface area (Å²) in [5.41, 5.74) is 0.345. The molecule has 1 aromatic rings. The number of carbonyl (C=O) groups excluding carboxylic acids is 1. The van der Waals surface area contributed by atoms with E-state index in [4.69, 9.17) is 0 Å². The van der Waals surface area contributed by atoms with Crippen LogP contribution in [0.4, 0.5) is 4.39 Å². The van der Waals surface area contributed by atoms with E-state index in [1.165, 1.54) is 18.2 Å². The number of alkyl halides is 1. The number of hydrogen-bond donors (Lipinski definition) is 1. The lowest BCUT2D eigenvalue weighted by molar-refractivity contribution is 0.0943. The largest absolute Gasteiger partial charge is 0.349 e. The third kappa shape index (κ3) is 3.10. The molecule has 0 radical (unpaired) electrons. The van der Waals surface area contributed by atoms with Crippen LogP contribution in [0, 0.1) is 5.82 Å². The Balaban J connectivity index is 2.70. The quantitative estimate of drug-likeness (QED) is 0.830. The Morgan fingerprint density at radius 3 is 2.93 bits per heavy atom. The molecule has 0 saturated heterocycles. The first-order valence-electron chi connectivity index (χ1n) is 4.26. The van der Waals surface area contributed by atoms with Crippen molar-refractivity contribution in [2.75, 3.05) is 5.33 Å². The van der Waals surface area contributed by atoms with E-state index in [-0.39, 0.29) is 11.9 Å². The van der Waals surface area contributed by atoms with Gasteiger partial charge in [-0.3, -0.25) is 4.79 Å². The average Bonchev–Trinajstić information content (AvgIpc) is 2.17. The van der Waals surface area contributed by atoms with Crippen molar-refractivity contribution < 1.29 is 9.18 Å². The predicted octanol–water partition coefficient (Wildman–Crippen LogP) is 2.34. The molecule has 0 bridgehead atoms. The normalized spacial score (nSPS) is 12.2. The number of hydrogen-bond acceptors (Lipinski definition) is 1. The standard InChI is InChI=1S/C10H11BrFNO/c1-7(6-11)13-10(14)8-3-2-4-9(12)5-8/h2-5,7H,6H2,1H3,(H,13,14). The Labute approximate surface area is 90.6 Å². The van der Waals surface area contributed by atoms with Gasteiger partial charge in [0.2, 0.25) is 0 Å². The van der Waals surface area contributed by atoms with Crippen molar-refractivity contribution in [2.45, 2.75) is 13.0 Å². The summed E-state index contributed by atoms with van der Waals surface area (Å²) in [6.07, 6.45) is 0. The minimum absolute atomic E-state index is 0.0331. The minimum atomic E-state index is -0.399. The van der Waals surface area contributed by atoms with Crippen LogP contribution in [0.3, 0.4) is 0 Å². The highest BCUT2D eigenvalue weighted by molar-refractivity contribution is 9.09. The topological polar surface area (TPSA) is 29.1 Å². The predicted molar refractivity (Wildman–Crippen MR) is 57.1 cm³/mol. The Morgan fingerprint density at radius 2 is 2.36 bits per heavy atom. The van der Waals surface area contributed by atoms with Crippen molar-refractivity contribution in [1.82, 2.24) is 5.32 Å². The lowest BCUT2D eigenvalue weighted by Crippen LogP contribution is -2.33. The summed E-state index contributed by atoms with van der Waals surface area (Å²) in [4.78, 5) is 11.5. The molecule has 0 aromatic heterocycles. The van der Waals surface area contributed by atoms with Crippen molar-refractivity contribution in [3.8, 4) is 0 Å². The van der Waals surface area contributed by atoms with Gasteiger partial charge in [0.1, 0.15) is 5.82 Å². The minimum Gasteiger partial charge on any atom is -0.349 e. The van der Waals surface area contributed by atoms with Gasteiger partial charge in [-0.25, -0.2) is 4.39 Å². The lowest BCUT2D eigenvalue weighted by Gasteiger charge is -2.10. The van der Waals surface area contributed by atoms with E-state index in [1.807, 2.05) is 6.92 Å². The van der Waals surface area contributed by atoms with Crippen LogP contribution in [-0.4, -0.2) is 17.3 Å². The summed E-state index contributed by atoms with van der Waals surface area (Å²) in [5, 5.41) is 3.40. The number of halogens is 2. The molecule has 1 aromatic carbocycles. The molecular formula is C10H11BrFNO. The second-order valence-corrected chi connectivity index (χ2v) is 3.69. The van der Waals surface area contributed by atoms with E-state index in [1.54, 1.807) is 6.07 Å². The van der Waals surface area contributed by atoms with Gasteiger partial charge in [0, 0.05) is 16.9 Å². The molecule has 1 atom stereocenters. The van der Waals surface area contributed by atoms with Crippen molar-refractivity contribution in [2.24, 2.45) is 0 Å². The van der Waals surface area contributed by atoms with Gasteiger partial charge in [-0.05, 0) is 25.1 Å². The number of carbonyl (C=O) groups is 1. The number of benzene rings is 1. The zero-order valence-electron chi connectivity index (χ0n) is 7.76. The number of nitrogens with one attached hydrogen (secondary N) is 1. The van der Waals surface area contributed by atoms with Crippen LogP contribution in [-0.2, 0) is 0 Å². The van der Waals surface area contributed by atoms with Crippen molar-refractivity contribution in [3.05, 3.63) is 35.6 Å². The van der Waals surface area contributed by atoms with E-state index in [9.17, 15) is 9.18 Å². The molecule has 1 unspecified atom stereocenters. The molecule has 1 rings (SSSR count). The van der Waals surface area contributed by atoms with E-state index in [2.05, 4.69) is 21.2 Å². The molecule has 4 heteroatoms. The molecule has 0 aliphatic rings. The highest BCUT2D eigenvalue weighted by atomic mass is 79.9. The van der Waals surface area contributed by atoms with Crippen LogP contribution in [0.15, 0.2) is 24.3 Å². The molecule has 0 aliphatic carbocycles. The maximum Gasteiger partial charge on any atom is 0.251 e. The first kappa shape index (κ1) is 11.2. The van der Waals surface area contributed by atoms with Crippen molar-refractivity contribution in [1.29, 1.82) is 0 Å². The molecule has 76 valence electrons. The summed E-state index contributed by atoms with van der Waals surface area (Å²) in [7, 11) is 0. The van der Waals surface area contributed by atoms with Gasteiger partial charge in [-0.1, -0.05) is 22.0 Å². The highest BCUT2D eigenvalue weighted by Gasteiger charge is 2.08. The first-order chi connectivity index (χ1) is 6.63. The number of rotatable bonds is 3. The molecule has 0 fully saturated rings. The summed E-state index contributed by atoms with van der Waals surface area (Å²) >= 11 is 3.24. The van der Waals surface area contributed by atoms with E-state index in [0.29, 0.717) is 10.9 Å². The average molecular weight is 260 g/mol. The smallest absolute Gasteiger partial charge is 0.251 e. The van der Waals surface area contributed by atoms with Gasteiger partial charge in [0.05, 0.1) is 0 Å². The zero-order chi connectivity index (χ0) is 10.6. The van der Waals surface area contributed by atoms with Crippen LogP contribution in [0.25, 0.3) is 0 Å². The summed E-state index contributed by atoms with van der Waals surface area (Å²) in [5.74, 6) is -0.652. The van der Waals surface area contributed by atoms with Crippen LogP contribution >= 0.6 is 15.9 Å². The molecular weight excluding hydrogens is 249 g/mol. The third-order valence-corrected chi connectivity index (χ3v) is 2.67. The Bertz CT molecular complexity index is 330. The molecule has 1 amide bonds. The Hall–Kier alpha value is -0.900. The SMILES string of the molecule is CC(CBr)NC(=O)c1cccc(F)c1. The number of amides is 1. The summed E-state index contributed by atoms with van der Waals surface area (Å²) in [6, 6.07) is 5.66. The van der Waals surface area contributed by atoms with Gasteiger partial charge < -0.3 is 5.32 Å². The van der Waals surface area contributed by atoms with Gasteiger partial charge in [0.25, 0.3) is 5.91 Å². The summed E-state index contributed by atoms with van der Waals surface area (Å²) < 4.78 is 12.8. The monoisotopic (exact) mass is 259 g/mol. The van der Waals surface area contributed by atoms with Gasteiger partial charge in [-0.15, -0.1) is 0 Å². The summed E-state index contributed by atoms with van der Waals surface area (Å²) in [6.45, 7) is 1.87. The molecule has 0 heterocycles. The van der Waals surface area contributed by atoms with Gasteiger partial charge >= 0.3 is 0 Å². The van der Waals surface area contributed by atoms with Crippen molar-refractivity contribution in [3.63, 3.8) is 0 Å². The molecule has 0 aliphatic heterocycles. The van der Waals surface area contributed by atoms with Crippen LogP contribution in [0.2, 0.25) is 0 Å². The molecule has 2 nitrogen and oxygen atoms in total. The van der Waals surface area contributed by atoms with Gasteiger partial charge in [0.15, 0.2) is 0 Å². The highest BCUT2D eigenvalue weighted by Crippen LogP contribution is 2.03. The molecule has 1 N–H and O–H groups in total. The Kier molecular flexibility index (Phi) is 4.07. The van der Waals surface area contributed by atoms with Crippen LogP contribution in [0.5, 0.6) is 0 Å². The fourth-order valence-electron chi connectivity index (χ4n) is 0.975. The maximum atomic E-state index is 12.8. The van der Waals surface area contributed by atoms with Crippen molar-refractivity contribution >= 4 is 21.8 Å². The molecule has 0 saturated carbocycles. The van der Waals surface area contributed by atoms with Crippen LogP contribution < -0.4 is 5.32 Å². The fourth-order valence-corrected chi connectivity index (χ4v) is 1.14.